The topological polar surface area (TPSA) is 95.9 Å². The number of amides is 2. The molecule has 30 heavy (non-hydrogen) atoms. The molecular weight excluding hydrogens is 431 g/mol. The lowest BCUT2D eigenvalue weighted by Crippen LogP contribution is -2.42. The number of methoxy groups -OCH3 is 1. The third kappa shape index (κ3) is 9.32. The molecule has 1 aromatic rings. The van der Waals surface area contributed by atoms with Crippen LogP contribution in [-0.2, 0) is 14.3 Å². The first-order valence-electron chi connectivity index (χ1n) is 10.1. The van der Waals surface area contributed by atoms with Crippen LogP contribution in [0.4, 0.5) is 0 Å². The molecule has 0 aromatic heterocycles. The summed E-state index contributed by atoms with van der Waals surface area (Å²) in [4.78, 5) is 38.3. The number of nitrogens with one attached hydrogen (secondary N) is 1. The van der Waals surface area contributed by atoms with E-state index in [1.54, 1.807) is 12.0 Å². The lowest BCUT2D eigenvalue weighted by Gasteiger charge is -2.23. The highest BCUT2D eigenvalue weighted by Gasteiger charge is 2.23. The van der Waals surface area contributed by atoms with Gasteiger partial charge in [0.05, 0.1) is 10.0 Å². The van der Waals surface area contributed by atoms with E-state index < -0.39 is 17.9 Å². The van der Waals surface area contributed by atoms with E-state index in [2.05, 4.69) is 12.2 Å². The molecule has 0 aliphatic heterocycles. The summed E-state index contributed by atoms with van der Waals surface area (Å²) in [6, 6.07) is 3.10. The number of carboxylic acid groups (broad SMARTS) is 1. The average molecular weight is 461 g/mol. The van der Waals surface area contributed by atoms with E-state index in [-0.39, 0.29) is 29.3 Å². The molecule has 1 rings (SSSR count). The fourth-order valence-corrected chi connectivity index (χ4v) is 3.17. The lowest BCUT2D eigenvalue weighted by molar-refractivity contribution is -0.139. The van der Waals surface area contributed by atoms with Crippen LogP contribution in [0.25, 0.3) is 0 Å². The number of hydrogen-bond acceptors (Lipinski definition) is 4. The molecule has 9 heteroatoms. The zero-order chi connectivity index (χ0) is 22.5. The second-order valence-electron chi connectivity index (χ2n) is 6.97. The Kier molecular flexibility index (Phi) is 12.4. The van der Waals surface area contributed by atoms with Gasteiger partial charge in [-0.2, -0.15) is 0 Å². The van der Waals surface area contributed by atoms with Crippen LogP contribution >= 0.6 is 23.2 Å². The highest BCUT2D eigenvalue weighted by atomic mass is 35.5. The van der Waals surface area contributed by atoms with Gasteiger partial charge in [-0.05, 0) is 37.5 Å². The van der Waals surface area contributed by atoms with Gasteiger partial charge < -0.3 is 20.1 Å². The number of ether oxygens (including phenoxy) is 1. The fourth-order valence-electron chi connectivity index (χ4n) is 2.88. The van der Waals surface area contributed by atoms with Gasteiger partial charge in [-0.3, -0.25) is 9.59 Å². The molecule has 0 radical (unpaired) electrons. The number of carbonyl (C=O) groups excluding carboxylic acids is 2. The van der Waals surface area contributed by atoms with E-state index in [9.17, 15) is 19.5 Å². The Labute approximate surface area is 187 Å². The monoisotopic (exact) mass is 460 g/mol. The molecule has 168 valence electrons. The summed E-state index contributed by atoms with van der Waals surface area (Å²) >= 11 is 11.8. The van der Waals surface area contributed by atoms with Gasteiger partial charge in [-0.1, -0.05) is 43.0 Å². The summed E-state index contributed by atoms with van der Waals surface area (Å²) in [5, 5.41) is 12.4. The second-order valence-corrected chi connectivity index (χ2v) is 7.78. The summed E-state index contributed by atoms with van der Waals surface area (Å²) in [6.07, 6.45) is 3.69. The Balaban J connectivity index is 2.68. The SMILES string of the molecule is CCCCCN(CCCOC)C(=O)CCC(NC(=O)c1ccc(Cl)c(Cl)c1)C(=O)O. The van der Waals surface area contributed by atoms with Crippen LogP contribution in [0.15, 0.2) is 18.2 Å². The van der Waals surface area contributed by atoms with Crippen molar-refractivity contribution < 1.29 is 24.2 Å². The van der Waals surface area contributed by atoms with Crippen LogP contribution in [0, 0.1) is 0 Å². The van der Waals surface area contributed by atoms with Crippen molar-refractivity contribution in [2.24, 2.45) is 0 Å². The lowest BCUT2D eigenvalue weighted by atomic mass is 10.1. The summed E-state index contributed by atoms with van der Waals surface area (Å²) in [7, 11) is 1.61. The minimum atomic E-state index is -1.20. The van der Waals surface area contributed by atoms with E-state index in [4.69, 9.17) is 27.9 Å². The predicted octanol–water partition coefficient (Wildman–Crippen LogP) is 4.01. The van der Waals surface area contributed by atoms with Gasteiger partial charge >= 0.3 is 5.97 Å². The van der Waals surface area contributed by atoms with E-state index >= 15 is 0 Å². The van der Waals surface area contributed by atoms with Crippen molar-refractivity contribution in [3.8, 4) is 0 Å². The molecule has 1 aromatic carbocycles. The van der Waals surface area contributed by atoms with Crippen LogP contribution in [0.3, 0.4) is 0 Å². The smallest absolute Gasteiger partial charge is 0.326 e. The first kappa shape index (κ1) is 26.2. The number of rotatable bonds is 14. The highest BCUT2D eigenvalue weighted by molar-refractivity contribution is 6.42. The predicted molar refractivity (Wildman–Crippen MR) is 117 cm³/mol. The number of halogens is 2. The zero-order valence-corrected chi connectivity index (χ0v) is 19.0. The maximum absolute atomic E-state index is 12.6. The van der Waals surface area contributed by atoms with Crippen molar-refractivity contribution in [2.75, 3.05) is 26.8 Å². The third-order valence-electron chi connectivity index (χ3n) is 4.59. The molecule has 0 aliphatic carbocycles. The van der Waals surface area contributed by atoms with Crippen molar-refractivity contribution in [1.82, 2.24) is 10.2 Å². The first-order chi connectivity index (χ1) is 14.3. The maximum atomic E-state index is 12.6. The minimum absolute atomic E-state index is 0.00418. The van der Waals surface area contributed by atoms with Gasteiger partial charge in [0.15, 0.2) is 0 Å². The third-order valence-corrected chi connectivity index (χ3v) is 5.33. The number of benzene rings is 1. The van der Waals surface area contributed by atoms with Crippen molar-refractivity contribution in [3.63, 3.8) is 0 Å². The van der Waals surface area contributed by atoms with Crippen molar-refractivity contribution >= 4 is 41.0 Å². The average Bonchev–Trinajstić information content (AvgIpc) is 2.71. The number of aliphatic carboxylic acids is 1. The van der Waals surface area contributed by atoms with Crippen molar-refractivity contribution in [3.05, 3.63) is 33.8 Å². The van der Waals surface area contributed by atoms with E-state index in [0.717, 1.165) is 19.3 Å². The molecule has 7 nitrogen and oxygen atoms in total. The van der Waals surface area contributed by atoms with Crippen LogP contribution in [0.2, 0.25) is 10.0 Å². The van der Waals surface area contributed by atoms with Crippen LogP contribution in [0.5, 0.6) is 0 Å². The van der Waals surface area contributed by atoms with E-state index in [0.29, 0.717) is 31.1 Å². The normalized spacial score (nSPS) is 11.7. The number of unbranched alkanes of at least 4 members (excludes halogenated alkanes) is 2. The Bertz CT molecular complexity index is 705. The zero-order valence-electron chi connectivity index (χ0n) is 17.5. The molecule has 2 amide bonds. The molecule has 2 N–H and O–H groups in total. The molecule has 0 fully saturated rings. The van der Waals surface area contributed by atoms with Gasteiger partial charge in [0, 0.05) is 38.8 Å². The molecule has 0 heterocycles. The van der Waals surface area contributed by atoms with Gasteiger partial charge in [-0.25, -0.2) is 4.79 Å². The fraction of sp³-hybridized carbons (Fsp3) is 0.571. The maximum Gasteiger partial charge on any atom is 0.326 e. The van der Waals surface area contributed by atoms with Crippen LogP contribution < -0.4 is 5.32 Å². The number of hydrogen-bond donors (Lipinski definition) is 2. The Morgan fingerprint density at radius 3 is 2.43 bits per heavy atom. The highest BCUT2D eigenvalue weighted by Crippen LogP contribution is 2.22. The quantitative estimate of drug-likeness (QED) is 0.408. The number of nitrogens with zero attached hydrogens (tertiary/aromatic N) is 1. The molecule has 0 saturated heterocycles. The van der Waals surface area contributed by atoms with Gasteiger partial charge in [0.2, 0.25) is 5.91 Å². The molecule has 0 spiro atoms. The largest absolute Gasteiger partial charge is 0.480 e. The summed E-state index contributed by atoms with van der Waals surface area (Å²) in [5.74, 6) is -1.92. The molecule has 0 bridgehead atoms. The Morgan fingerprint density at radius 1 is 1.13 bits per heavy atom. The van der Waals surface area contributed by atoms with Crippen LogP contribution in [0.1, 0.15) is 55.8 Å². The molecule has 1 atom stereocenters. The van der Waals surface area contributed by atoms with Crippen molar-refractivity contribution in [1.29, 1.82) is 0 Å². The van der Waals surface area contributed by atoms with E-state index in [1.807, 2.05) is 0 Å². The summed E-state index contributed by atoms with van der Waals surface area (Å²) in [6.45, 7) is 3.83. The van der Waals surface area contributed by atoms with E-state index in [1.165, 1.54) is 18.2 Å². The molecule has 0 aliphatic rings. The van der Waals surface area contributed by atoms with Gasteiger partial charge in [0.1, 0.15) is 6.04 Å². The minimum Gasteiger partial charge on any atom is -0.480 e. The van der Waals surface area contributed by atoms with Crippen molar-refractivity contribution in [2.45, 2.75) is 51.5 Å². The second kappa shape index (κ2) is 14.2. The van der Waals surface area contributed by atoms with Gasteiger partial charge in [0.25, 0.3) is 5.91 Å². The Hall–Kier alpha value is -1.83. The Morgan fingerprint density at radius 2 is 1.83 bits per heavy atom. The number of carbonyl (C=O) groups is 3. The summed E-state index contributed by atoms with van der Waals surface area (Å²) in [5.41, 5.74) is 0.197. The first-order valence-corrected chi connectivity index (χ1v) is 10.8. The van der Waals surface area contributed by atoms with Crippen LogP contribution in [-0.4, -0.2) is 60.6 Å². The molecule has 0 saturated carbocycles. The van der Waals surface area contributed by atoms with Gasteiger partial charge in [-0.15, -0.1) is 0 Å². The molecule has 1 unspecified atom stereocenters. The molecular formula is C21H30Cl2N2O5. The summed E-state index contributed by atoms with van der Waals surface area (Å²) < 4.78 is 5.05. The number of carboxylic acids is 1. The standard InChI is InChI=1S/C21H30Cl2N2O5/c1-3-4-5-11-25(12-6-13-30-2)19(26)10-9-18(21(28)29)24-20(27)15-7-8-16(22)17(23)14-15/h7-8,14,18H,3-6,9-13H2,1-2H3,(H,24,27)(H,28,29).